The Kier molecular flexibility index (Phi) is 11.0. The molecule has 1 fully saturated rings. The van der Waals surface area contributed by atoms with E-state index < -0.39 is 0 Å². The van der Waals surface area contributed by atoms with Crippen LogP contribution in [-0.4, -0.2) is 6.71 Å². The van der Waals surface area contributed by atoms with E-state index in [-0.39, 0.29) is 50.0 Å². The quantitative estimate of drug-likeness (QED) is 0.162. The van der Waals surface area contributed by atoms with Crippen molar-refractivity contribution in [3.63, 3.8) is 0 Å². The van der Waals surface area contributed by atoms with Crippen LogP contribution in [0, 0.1) is 0 Å². The minimum Gasteiger partial charge on any atom is -0.311 e. The van der Waals surface area contributed by atoms with Crippen molar-refractivity contribution in [1.29, 1.82) is 0 Å². The van der Waals surface area contributed by atoms with Crippen LogP contribution in [0.1, 0.15) is 207 Å². The summed E-state index contributed by atoms with van der Waals surface area (Å²) in [7, 11) is 0. The molecule has 4 heteroatoms. The zero-order valence-corrected chi connectivity index (χ0v) is 52.0. The van der Waals surface area contributed by atoms with E-state index >= 15 is 0 Å². The van der Waals surface area contributed by atoms with E-state index in [1.165, 1.54) is 154 Å². The largest absolute Gasteiger partial charge is 0.311 e. The van der Waals surface area contributed by atoms with E-state index in [0.717, 1.165) is 12.8 Å². The van der Waals surface area contributed by atoms with Gasteiger partial charge in [0.05, 0.1) is 17.1 Å². The number of hydrogen-bond donors (Lipinski definition) is 0. The van der Waals surface area contributed by atoms with E-state index in [1.54, 1.807) is 11.1 Å². The third-order valence-electron chi connectivity index (χ3n) is 21.9. The summed E-state index contributed by atoms with van der Waals surface area (Å²) >= 11 is 2.10. The molecule has 1 saturated carbocycles. The first kappa shape index (κ1) is 52.3. The van der Waals surface area contributed by atoms with Crippen molar-refractivity contribution in [2.45, 2.75) is 205 Å². The van der Waals surface area contributed by atoms with Gasteiger partial charge in [0.25, 0.3) is 6.71 Å². The monoisotopic (exact) mass is 1070 g/mol. The van der Waals surface area contributed by atoms with Gasteiger partial charge in [-0.3, -0.25) is 0 Å². The molecule has 408 valence electrons. The maximum absolute atomic E-state index is 2.86. The van der Waals surface area contributed by atoms with Crippen LogP contribution in [0.4, 0.5) is 34.1 Å². The van der Waals surface area contributed by atoms with Crippen molar-refractivity contribution in [2.24, 2.45) is 0 Å². The van der Waals surface area contributed by atoms with Crippen LogP contribution in [-0.2, 0) is 43.3 Å². The van der Waals surface area contributed by atoms with Gasteiger partial charge in [-0.25, -0.2) is 0 Å². The van der Waals surface area contributed by atoms with Gasteiger partial charge in [0.2, 0.25) is 0 Å². The third-order valence-corrected chi connectivity index (χ3v) is 23.1. The molecule has 0 N–H and O–H groups in total. The number of anilines is 6. The standard InChI is InChI=1S/C76H85BN2S/c1-69(2,3)48-27-28-59-62(37-48)78(60-43-55-53(71(7,8)29-31-73(55,11)12)40-50(60)46-23-19-17-20-24-46)63-38-49(70(4,5)6)39-64-66(63)77(59)68-67(52-42-57-58(45-65(52)80-68)76(16)35-33-75(57,15)34-36-76)79(64)61-44-56-54(72(9,10)30-32-74(56,13)14)41-51(61)47-25-21-18-22-26-47/h17-28,37-45H,29-36H2,1-16H3. The summed E-state index contributed by atoms with van der Waals surface area (Å²) < 4.78 is 2.91. The molecule has 7 aliphatic rings. The molecule has 0 unspecified atom stereocenters. The zero-order chi connectivity index (χ0) is 56.2. The number of benzene rings is 7. The lowest BCUT2D eigenvalue weighted by molar-refractivity contribution is 0.188. The summed E-state index contributed by atoms with van der Waals surface area (Å²) in [6.45, 7) is 39.7. The van der Waals surface area contributed by atoms with Crippen LogP contribution in [0.3, 0.4) is 0 Å². The second-order valence-electron chi connectivity index (χ2n) is 31.2. The first-order chi connectivity index (χ1) is 37.6. The average Bonchev–Trinajstić information content (AvgIpc) is 1.76. The average molecular weight is 1070 g/mol. The van der Waals surface area contributed by atoms with Crippen molar-refractivity contribution in [3.05, 3.63) is 172 Å². The Balaban J connectivity index is 1.17. The van der Waals surface area contributed by atoms with Crippen LogP contribution < -0.4 is 25.5 Å². The minimum atomic E-state index is -0.167. The predicted molar refractivity (Wildman–Crippen MR) is 348 cm³/mol. The van der Waals surface area contributed by atoms with Crippen LogP contribution in [0.5, 0.6) is 0 Å². The van der Waals surface area contributed by atoms with Gasteiger partial charge in [-0.2, -0.15) is 0 Å². The van der Waals surface area contributed by atoms with Crippen molar-refractivity contribution >= 4 is 78.0 Å². The molecule has 80 heavy (non-hydrogen) atoms. The second-order valence-corrected chi connectivity index (χ2v) is 32.3. The second kappa shape index (κ2) is 16.9. The summed E-state index contributed by atoms with van der Waals surface area (Å²) in [5.41, 5.74) is 28.1. The Morgan fingerprint density at radius 1 is 0.400 bits per heavy atom. The number of rotatable bonds is 4. The Labute approximate surface area is 484 Å². The number of fused-ring (bicyclic) bond motifs is 10. The third kappa shape index (κ3) is 7.61. The summed E-state index contributed by atoms with van der Waals surface area (Å²) in [5.74, 6) is 0. The molecule has 1 aromatic heterocycles. The number of hydrogen-bond acceptors (Lipinski definition) is 3. The molecule has 0 spiro atoms. The molecule has 0 amide bonds. The Bertz CT molecular complexity index is 3900. The van der Waals surface area contributed by atoms with Crippen LogP contribution in [0.2, 0.25) is 0 Å². The lowest BCUT2D eigenvalue weighted by atomic mass is 9.36. The summed E-state index contributed by atoms with van der Waals surface area (Å²) in [5, 5.41) is 1.42. The van der Waals surface area contributed by atoms with E-state index in [4.69, 9.17) is 0 Å². The first-order valence-corrected chi connectivity index (χ1v) is 31.4. The fraction of sp³-hybridized carbons (Fsp3) is 0.421. The molecular weight excluding hydrogens is 984 g/mol. The number of nitrogens with zero attached hydrogens (tertiary/aromatic N) is 2. The molecule has 8 aromatic rings. The van der Waals surface area contributed by atoms with E-state index in [0.29, 0.717) is 0 Å². The van der Waals surface area contributed by atoms with Crippen LogP contribution in [0.15, 0.2) is 127 Å². The van der Waals surface area contributed by atoms with E-state index in [1.807, 2.05) is 0 Å². The van der Waals surface area contributed by atoms with Crippen molar-refractivity contribution in [1.82, 2.24) is 0 Å². The molecule has 7 aromatic carbocycles. The van der Waals surface area contributed by atoms with Gasteiger partial charge < -0.3 is 9.80 Å². The molecule has 3 heterocycles. The van der Waals surface area contributed by atoms with Crippen LogP contribution in [0.25, 0.3) is 32.3 Å². The Morgan fingerprint density at radius 2 is 0.825 bits per heavy atom. The SMILES string of the molecule is CC(C)(C)c1ccc2c(c1)N(c1cc3c(cc1-c1ccccc1)C(C)(C)CCC3(C)C)c1cc(C(C)(C)C)cc3c1B2c1sc2cc4c(cc2c1N3c1cc2c(cc1-c1ccccc1)C(C)(C)CCC2(C)C)C1(C)CCC4(C)CC1. The summed E-state index contributed by atoms with van der Waals surface area (Å²) in [6, 6.07) is 51.9. The van der Waals surface area contributed by atoms with E-state index in [9.17, 15) is 0 Å². The van der Waals surface area contributed by atoms with Crippen LogP contribution >= 0.6 is 11.3 Å². The molecule has 2 nitrogen and oxygen atoms in total. The molecule has 5 aliphatic carbocycles. The summed E-state index contributed by atoms with van der Waals surface area (Å²) in [6.07, 6.45) is 9.72. The maximum Gasteiger partial charge on any atom is 0.264 e. The normalized spacial score (nSPS) is 22.5. The number of thiophene rings is 1. The predicted octanol–water partition coefficient (Wildman–Crippen LogP) is 19.7. The van der Waals surface area contributed by atoms with Gasteiger partial charge in [0.1, 0.15) is 0 Å². The minimum absolute atomic E-state index is 0.00481. The lowest BCUT2D eigenvalue weighted by Gasteiger charge is -2.52. The molecular formula is C76H85BN2S. The Morgan fingerprint density at radius 3 is 1.30 bits per heavy atom. The lowest BCUT2D eigenvalue weighted by Crippen LogP contribution is -2.60. The Hall–Kier alpha value is -5.84. The molecule has 0 saturated heterocycles. The molecule has 0 radical (unpaired) electrons. The summed E-state index contributed by atoms with van der Waals surface area (Å²) in [4.78, 5) is 5.65. The maximum atomic E-state index is 2.86. The fourth-order valence-electron chi connectivity index (χ4n) is 16.1. The van der Waals surface area contributed by atoms with Gasteiger partial charge >= 0.3 is 0 Å². The van der Waals surface area contributed by atoms with Crippen molar-refractivity contribution < 1.29 is 0 Å². The zero-order valence-electron chi connectivity index (χ0n) is 51.2. The molecule has 2 aliphatic heterocycles. The van der Waals surface area contributed by atoms with Crippen molar-refractivity contribution in [2.75, 3.05) is 9.80 Å². The van der Waals surface area contributed by atoms with Gasteiger partial charge in [-0.15, -0.1) is 11.3 Å². The van der Waals surface area contributed by atoms with Gasteiger partial charge in [0.15, 0.2) is 0 Å². The molecule has 0 atom stereocenters. The first-order valence-electron chi connectivity index (χ1n) is 30.6. The highest BCUT2D eigenvalue weighted by Gasteiger charge is 2.52. The van der Waals surface area contributed by atoms with Crippen molar-refractivity contribution in [3.8, 4) is 22.3 Å². The van der Waals surface area contributed by atoms with Gasteiger partial charge in [-0.1, -0.05) is 184 Å². The fourth-order valence-corrected chi connectivity index (χ4v) is 17.4. The highest BCUT2D eigenvalue weighted by atomic mass is 32.1. The molecule has 2 bridgehead atoms. The van der Waals surface area contributed by atoms with Gasteiger partial charge in [0, 0.05) is 43.1 Å². The smallest absolute Gasteiger partial charge is 0.264 e. The molecule has 15 rings (SSSR count). The van der Waals surface area contributed by atoms with Gasteiger partial charge in [-0.05, 0) is 216 Å². The topological polar surface area (TPSA) is 6.48 Å². The highest BCUT2D eigenvalue weighted by Crippen LogP contribution is 2.61. The highest BCUT2D eigenvalue weighted by molar-refractivity contribution is 7.33. The van der Waals surface area contributed by atoms with E-state index in [2.05, 4.69) is 259 Å².